The third-order valence-electron chi connectivity index (χ3n) is 21.4. The van der Waals surface area contributed by atoms with Gasteiger partial charge in [0.05, 0.1) is 38.3 Å². The lowest BCUT2D eigenvalue weighted by molar-refractivity contribution is -0.456. The van der Waals surface area contributed by atoms with E-state index in [0.717, 1.165) is 90.8 Å². The molecule has 2 aromatic heterocycles. The van der Waals surface area contributed by atoms with Crippen LogP contribution in [0.3, 0.4) is 0 Å². The summed E-state index contributed by atoms with van der Waals surface area (Å²) in [6.07, 6.45) is 9.63. The van der Waals surface area contributed by atoms with Crippen molar-refractivity contribution in [1.82, 2.24) is 21.3 Å². The molecule has 0 bridgehead atoms. The number of benzene rings is 6. The van der Waals surface area contributed by atoms with E-state index in [1.165, 1.54) is 30.3 Å². The molecule has 32 heteroatoms. The van der Waals surface area contributed by atoms with Crippen molar-refractivity contribution in [3.63, 3.8) is 0 Å². The van der Waals surface area contributed by atoms with E-state index in [1.54, 1.807) is 66.8 Å². The van der Waals surface area contributed by atoms with Crippen LogP contribution in [0, 0.1) is 20.2 Å². The fourth-order valence-electron chi connectivity index (χ4n) is 14.8. The van der Waals surface area contributed by atoms with Gasteiger partial charge in [0, 0.05) is 192 Å². The number of nitrogens with one attached hydrogen (secondary N) is 4. The van der Waals surface area contributed by atoms with Crippen molar-refractivity contribution in [2.75, 3.05) is 80.3 Å². The summed E-state index contributed by atoms with van der Waals surface area (Å²) in [5.74, 6) is -1.17. The van der Waals surface area contributed by atoms with Crippen molar-refractivity contribution in [3.8, 4) is 11.5 Å². The van der Waals surface area contributed by atoms with Gasteiger partial charge in [0.25, 0.3) is 23.2 Å². The quantitative estimate of drug-likeness (QED) is 0.00408. The highest BCUT2D eigenvalue weighted by Gasteiger charge is 2.60. The Labute approximate surface area is 695 Å². The average molecular weight is 1640 g/mol. The van der Waals surface area contributed by atoms with Gasteiger partial charge in [0.1, 0.15) is 29.4 Å². The third kappa shape index (κ3) is 21.5. The number of non-ortho nitro benzene ring substituents is 2. The highest BCUT2D eigenvalue weighted by Crippen LogP contribution is 2.57. The second-order valence-electron chi connectivity index (χ2n) is 29.7. The molecular formula is C88H106N16O16. The number of nitrogens with zero attached hydrogens (tertiary/aromatic N) is 12. The van der Waals surface area contributed by atoms with E-state index >= 15 is 0 Å². The predicted molar refractivity (Wildman–Crippen MR) is 461 cm³/mol. The molecule has 3 aliphatic heterocycles. The largest absolute Gasteiger partial charge is 0.872 e. The lowest BCUT2D eigenvalue weighted by Crippen LogP contribution is -2.60. The van der Waals surface area contributed by atoms with Crippen molar-refractivity contribution in [2.24, 2.45) is 10.2 Å². The second-order valence-corrected chi connectivity index (χ2v) is 29.7. The van der Waals surface area contributed by atoms with Crippen molar-refractivity contribution >= 4 is 97.6 Å². The molecule has 32 nitrogen and oxygen atoms in total. The molecule has 3 aliphatic rings. The number of rotatable bonds is 38. The third-order valence-corrected chi connectivity index (χ3v) is 21.4. The van der Waals surface area contributed by atoms with Gasteiger partial charge in [-0.2, -0.15) is 4.58 Å². The van der Waals surface area contributed by atoms with Crippen LogP contribution in [0.15, 0.2) is 162 Å². The van der Waals surface area contributed by atoms with Crippen LogP contribution in [0.2, 0.25) is 0 Å². The Morgan fingerprint density at radius 3 is 1.62 bits per heavy atom. The fraction of sp³-hybridized carbons (Fsp3) is 0.420. The first-order chi connectivity index (χ1) is 57.6. The Morgan fingerprint density at radius 1 is 0.617 bits per heavy atom. The van der Waals surface area contributed by atoms with E-state index in [4.69, 9.17) is 34.1 Å². The highest BCUT2D eigenvalue weighted by molar-refractivity contribution is 6.06. The number of azide groups is 2. The molecule has 5 heterocycles. The van der Waals surface area contributed by atoms with Gasteiger partial charge in [0.2, 0.25) is 23.2 Å². The van der Waals surface area contributed by atoms with E-state index in [-0.39, 0.29) is 111 Å². The Hall–Kier alpha value is -12.9. The van der Waals surface area contributed by atoms with Gasteiger partial charge < -0.3 is 64.1 Å². The predicted octanol–water partition coefficient (Wildman–Crippen LogP) is 15.7. The Bertz CT molecular complexity index is 5400. The van der Waals surface area contributed by atoms with E-state index in [9.17, 15) is 54.1 Å². The van der Waals surface area contributed by atoms with Crippen molar-refractivity contribution in [1.29, 1.82) is 0 Å². The summed E-state index contributed by atoms with van der Waals surface area (Å²) >= 11 is 0. The number of anilines is 3. The summed E-state index contributed by atoms with van der Waals surface area (Å²) in [6.45, 7) is 29.2. The van der Waals surface area contributed by atoms with Crippen LogP contribution in [0.5, 0.6) is 11.5 Å². The van der Waals surface area contributed by atoms with Crippen LogP contribution >= 0.6 is 0 Å². The molecule has 0 aliphatic carbocycles. The number of unbranched alkanes of at least 4 members (excludes halogenated alkanes) is 2. The van der Waals surface area contributed by atoms with Gasteiger partial charge in [-0.05, 0) is 189 Å². The topological polar surface area (TPSA) is 424 Å². The summed E-state index contributed by atoms with van der Waals surface area (Å²) in [5.41, 5.74) is 22.1. The van der Waals surface area contributed by atoms with Crippen LogP contribution in [0.1, 0.15) is 189 Å². The molecule has 6 aromatic carbocycles. The number of nitro benzene ring substituents is 2. The molecule has 8 aromatic rings. The number of amides is 4. The van der Waals surface area contributed by atoms with Gasteiger partial charge in [-0.25, -0.2) is 9.59 Å². The summed E-state index contributed by atoms with van der Waals surface area (Å²) < 4.78 is 31.4. The Balaban J connectivity index is 0.000000268. The molecule has 0 radical (unpaired) electrons. The lowest BCUT2D eigenvalue weighted by Gasteiger charge is -2.48. The van der Waals surface area contributed by atoms with E-state index < -0.39 is 50.1 Å². The molecule has 0 spiro atoms. The van der Waals surface area contributed by atoms with E-state index in [0.29, 0.717) is 69.3 Å². The number of hydrogen-bond acceptors (Lipinski definition) is 21. The first-order valence-electron chi connectivity index (χ1n) is 40.7. The number of carbonyl (C=O) groups excluding carboxylic acids is 4. The number of fused-ring (bicyclic) bond motifs is 7. The first-order valence-corrected chi connectivity index (χ1v) is 40.7. The van der Waals surface area contributed by atoms with Crippen molar-refractivity contribution < 1.29 is 61.8 Å². The molecule has 4 amide bonds. The van der Waals surface area contributed by atoms with Gasteiger partial charge in [0.15, 0.2) is 12.3 Å². The zero-order valence-corrected chi connectivity index (χ0v) is 70.1. The van der Waals surface area contributed by atoms with E-state index in [1.807, 2.05) is 113 Å². The zero-order chi connectivity index (χ0) is 87.0. The number of nitro groups is 2. The van der Waals surface area contributed by atoms with Gasteiger partial charge in [-0.1, -0.05) is 62.6 Å². The molecule has 4 N–H and O–H groups in total. The second kappa shape index (κ2) is 42.0. The fourth-order valence-corrected chi connectivity index (χ4v) is 14.8. The minimum atomic E-state index is -1.23. The molecule has 0 fully saturated rings. The molecule has 634 valence electrons. The van der Waals surface area contributed by atoms with Gasteiger partial charge >= 0.3 is 11.3 Å². The van der Waals surface area contributed by atoms with Crippen LogP contribution in [0.4, 0.5) is 34.1 Å². The summed E-state index contributed by atoms with van der Waals surface area (Å²) in [5, 5.41) is 56.3. The highest BCUT2D eigenvalue weighted by atomic mass is 16.6. The number of ether oxygens (including phenoxy) is 3. The lowest BCUT2D eigenvalue weighted by atomic mass is 9.76. The molecule has 0 saturated carbocycles. The van der Waals surface area contributed by atoms with Crippen molar-refractivity contribution in [3.05, 3.63) is 240 Å². The van der Waals surface area contributed by atoms with Crippen LogP contribution in [0.25, 0.3) is 55.0 Å². The molecule has 3 atom stereocenters. The minimum Gasteiger partial charge on any atom is -0.872 e. The van der Waals surface area contributed by atoms with Crippen LogP contribution < -0.4 is 57.1 Å². The Kier molecular flexibility index (Phi) is 31.8. The number of carbonyl (C=O) groups is 4. The zero-order valence-electron chi connectivity index (χ0n) is 70.1. The smallest absolute Gasteiger partial charge is 0.343 e. The average Bonchev–Trinajstić information content (AvgIpc) is 1.53. The number of allylic oxidation sites excluding steroid dienone is 1. The monoisotopic (exact) mass is 1640 g/mol. The summed E-state index contributed by atoms with van der Waals surface area (Å²) in [6, 6.07) is 33.7. The van der Waals surface area contributed by atoms with Crippen LogP contribution in [-0.4, -0.2) is 128 Å². The maximum absolute atomic E-state index is 13.5. The standard InChI is InChI=1S/2C43H50N8O8.C2H6/c1-6-9-22-57-39(47-48-44)17-16-38(52)45-20-21-46-40(53)29-11-14-35-34(25-29)42(4,5)43(50(35)27-31-24-33(51(55)56)13-15-36(31)59-43)19-18-30-23-28-10-12-32(49(7-2)8-3)26-37(28)58-41(30)54;1-6-9-22-58-40(47-48-44)19-18-39(53)45-20-21-46-41(54)29-11-15-35-34(25-29)43(4,5)38(50(35)27-31-24-33(51(56)57)14-16-36(31)52)17-12-30-23-28-10-13-32(49(7-2)8-3)26-37(28)59-42(30)55;1-2/h10-15,18-19,23-26,39H,6-9,16-17,20-22,27H2,1-5H3,(H,45,52)(H,46,53);10-17,23-26,40H,6-9,18-22,27H2,1-5H3,(H2-,45,46,52,53,54);1-2H3/b19-18+;;. The molecular weight excluding hydrogens is 1540 g/mol. The maximum atomic E-state index is 13.5. The molecule has 0 saturated heterocycles. The molecule has 120 heavy (non-hydrogen) atoms. The van der Waals surface area contributed by atoms with Gasteiger partial charge in [-0.15, -0.1) is 0 Å². The van der Waals surface area contributed by atoms with Crippen molar-refractivity contribution in [2.45, 2.75) is 177 Å². The van der Waals surface area contributed by atoms with Gasteiger partial charge in [-0.3, -0.25) is 39.4 Å². The molecule has 11 rings (SSSR count). The minimum absolute atomic E-state index is 0.0171. The van der Waals surface area contributed by atoms with E-state index in [2.05, 4.69) is 78.8 Å². The van der Waals surface area contributed by atoms with Crippen LogP contribution in [-0.2, 0) is 43.0 Å². The maximum Gasteiger partial charge on any atom is 0.343 e. The summed E-state index contributed by atoms with van der Waals surface area (Å²) in [4.78, 5) is 113. The summed E-state index contributed by atoms with van der Waals surface area (Å²) in [7, 11) is 0. The first kappa shape index (κ1) is 91.0. The Morgan fingerprint density at radius 2 is 1.11 bits per heavy atom. The molecule has 3 unspecified atom stereocenters. The number of hydrogen-bond donors (Lipinski definition) is 4. The SMILES string of the molecule is CC.CCCCOC(CCC(=O)NCCNC(=O)c1ccc2c(c1)C(C)(C)C(/C=C/c1cc3ccc(N(CC)CC)cc3oc1=O)=[N+]2Cc1cc([N+](=O)[O-])ccc1[O-])N=[N+]=[N-].CCCCOC(CCC(=O)NCCNC(=O)c1ccc2c(c1)C(C)(C)C1(/C=C/c3cc4ccc(N(CC)CC)cc4oc3=O)Oc3ccc([N+](=O)[O-])cc3CN21)N=[N+]=[N-]. The normalized spacial score (nSPS) is 14.9.